The molecule has 0 aromatic carbocycles. The quantitative estimate of drug-likeness (QED) is 0.619. The van der Waals surface area contributed by atoms with Gasteiger partial charge in [0, 0.05) is 31.6 Å². The summed E-state index contributed by atoms with van der Waals surface area (Å²) in [6.45, 7) is 1.67. The van der Waals surface area contributed by atoms with Gasteiger partial charge in [-0.2, -0.15) is 0 Å². The predicted octanol–water partition coefficient (Wildman–Crippen LogP) is 1.97. The molecule has 6 nitrogen and oxygen atoms in total. The van der Waals surface area contributed by atoms with Crippen LogP contribution in [0.1, 0.15) is 37.0 Å². The lowest BCUT2D eigenvalue weighted by Gasteiger charge is -2.47. The molecule has 1 saturated carbocycles. The first kappa shape index (κ1) is 18.2. The number of carbonyl (C=O) groups excluding carboxylic acids is 1. The topological polar surface area (TPSA) is 66.0 Å². The molecule has 0 radical (unpaired) electrons. The number of rotatable bonds is 5. The van der Waals surface area contributed by atoms with Gasteiger partial charge in [0.1, 0.15) is 6.54 Å². The molecule has 3 rings (SSSR count). The van der Waals surface area contributed by atoms with Gasteiger partial charge >= 0.3 is 0 Å². The number of ether oxygens (including phenoxy) is 1. The first-order valence-corrected chi connectivity index (χ1v) is 9.86. The van der Waals surface area contributed by atoms with Crippen molar-refractivity contribution in [1.82, 2.24) is 15.5 Å². The van der Waals surface area contributed by atoms with Crippen molar-refractivity contribution in [2.24, 2.45) is 4.99 Å². The van der Waals surface area contributed by atoms with Crippen molar-refractivity contribution >= 4 is 23.2 Å². The summed E-state index contributed by atoms with van der Waals surface area (Å²) in [5.74, 6) is 0.713. The molecule has 1 aliphatic heterocycles. The van der Waals surface area contributed by atoms with Crippen molar-refractivity contribution in [3.63, 3.8) is 0 Å². The maximum atomic E-state index is 11.9. The molecular formula is C18H28N4O2S. The minimum atomic E-state index is -0.000311. The van der Waals surface area contributed by atoms with E-state index >= 15 is 0 Å². The lowest BCUT2D eigenvalue weighted by molar-refractivity contribution is -0.134. The fourth-order valence-corrected chi connectivity index (χ4v) is 3.93. The van der Waals surface area contributed by atoms with Crippen LogP contribution in [0.2, 0.25) is 0 Å². The van der Waals surface area contributed by atoms with Gasteiger partial charge in [0.2, 0.25) is 5.91 Å². The molecule has 1 aliphatic carbocycles. The van der Waals surface area contributed by atoms with E-state index < -0.39 is 0 Å². The largest absolute Gasteiger partial charge is 0.375 e. The third-order valence-electron chi connectivity index (χ3n) is 4.98. The van der Waals surface area contributed by atoms with Crippen LogP contribution in [-0.4, -0.2) is 55.7 Å². The Balaban J connectivity index is 1.60. The highest BCUT2D eigenvalue weighted by Crippen LogP contribution is 2.42. The van der Waals surface area contributed by atoms with E-state index in [2.05, 4.69) is 27.1 Å². The number of amides is 1. The molecule has 1 atom stereocenters. The van der Waals surface area contributed by atoms with Crippen molar-refractivity contribution in [2.45, 2.75) is 50.3 Å². The molecule has 138 valence electrons. The highest BCUT2D eigenvalue weighted by atomic mass is 32.1. The molecular weight excluding hydrogens is 336 g/mol. The third kappa shape index (κ3) is 4.95. The van der Waals surface area contributed by atoms with Crippen LogP contribution in [0.25, 0.3) is 0 Å². The lowest BCUT2D eigenvalue weighted by Crippen LogP contribution is -2.54. The van der Waals surface area contributed by atoms with Gasteiger partial charge in [0.15, 0.2) is 5.96 Å². The summed E-state index contributed by atoms with van der Waals surface area (Å²) in [5, 5.41) is 8.96. The van der Waals surface area contributed by atoms with Crippen LogP contribution in [-0.2, 0) is 16.1 Å². The van der Waals surface area contributed by atoms with Crippen LogP contribution in [0.5, 0.6) is 0 Å². The zero-order chi connectivity index (χ0) is 17.7. The summed E-state index contributed by atoms with van der Waals surface area (Å²) in [6, 6.07) is 4.48. The van der Waals surface area contributed by atoms with E-state index in [1.54, 1.807) is 30.3 Å². The summed E-state index contributed by atoms with van der Waals surface area (Å²) in [7, 11) is 3.51. The van der Waals surface area contributed by atoms with Gasteiger partial charge in [0.05, 0.1) is 12.1 Å². The van der Waals surface area contributed by atoms with Crippen molar-refractivity contribution in [3.05, 3.63) is 22.4 Å². The summed E-state index contributed by atoms with van der Waals surface area (Å²) < 4.78 is 6.00. The van der Waals surface area contributed by atoms with Crippen molar-refractivity contribution in [1.29, 1.82) is 0 Å². The number of nitrogens with zero attached hydrogens (tertiary/aromatic N) is 2. The standard InChI is InChI=1S/C18H28N4O2S/c1-22(2)16(23)13-20-17(19-12-15-5-3-10-25-15)21-14-6-9-24-18(11-14)7-4-8-18/h3,5,10,14H,4,6-9,11-13H2,1-2H3,(H2,19,20,21). The number of nitrogens with one attached hydrogen (secondary N) is 2. The molecule has 2 heterocycles. The van der Waals surface area contributed by atoms with E-state index in [1.165, 1.54) is 24.1 Å². The molecule has 0 bridgehead atoms. The third-order valence-corrected chi connectivity index (χ3v) is 5.86. The minimum absolute atomic E-state index is 0.000311. The second kappa shape index (κ2) is 8.19. The van der Waals surface area contributed by atoms with Crippen molar-refractivity contribution in [3.8, 4) is 0 Å². The summed E-state index contributed by atoms with van der Waals surface area (Å²) >= 11 is 1.71. The smallest absolute Gasteiger partial charge is 0.243 e. The number of likely N-dealkylation sites (N-methyl/N-ethyl adjacent to an activating group) is 1. The van der Waals surface area contributed by atoms with Gasteiger partial charge in [-0.3, -0.25) is 4.79 Å². The van der Waals surface area contributed by atoms with E-state index in [0.717, 1.165) is 19.4 Å². The monoisotopic (exact) mass is 364 g/mol. The fourth-order valence-electron chi connectivity index (χ4n) is 3.29. The SMILES string of the molecule is CN(C)C(=O)CN=C(NCc1cccs1)NC1CCOC2(CCC2)C1. The van der Waals surface area contributed by atoms with E-state index in [1.807, 2.05) is 6.07 Å². The van der Waals surface area contributed by atoms with E-state index in [4.69, 9.17) is 4.74 Å². The minimum Gasteiger partial charge on any atom is -0.375 e. The summed E-state index contributed by atoms with van der Waals surface area (Å²) in [4.78, 5) is 19.2. The molecule has 2 aliphatic rings. The van der Waals surface area contributed by atoms with E-state index in [9.17, 15) is 4.79 Å². The van der Waals surface area contributed by atoms with Crippen LogP contribution >= 0.6 is 11.3 Å². The number of hydrogen-bond donors (Lipinski definition) is 2. The van der Waals surface area contributed by atoms with E-state index in [-0.39, 0.29) is 18.1 Å². The van der Waals surface area contributed by atoms with Crippen LogP contribution in [0.4, 0.5) is 0 Å². The molecule has 1 amide bonds. The van der Waals surface area contributed by atoms with Gasteiger partial charge in [0.25, 0.3) is 0 Å². The summed E-state index contributed by atoms with van der Waals surface area (Å²) in [6.07, 6.45) is 5.60. The average molecular weight is 365 g/mol. The maximum Gasteiger partial charge on any atom is 0.243 e. The molecule has 7 heteroatoms. The highest BCUT2D eigenvalue weighted by molar-refractivity contribution is 7.09. The Morgan fingerprint density at radius 2 is 2.32 bits per heavy atom. The Labute approximate surface area is 153 Å². The highest BCUT2D eigenvalue weighted by Gasteiger charge is 2.42. The molecule has 25 heavy (non-hydrogen) atoms. The van der Waals surface area contributed by atoms with Gasteiger partial charge in [-0.25, -0.2) is 4.99 Å². The van der Waals surface area contributed by atoms with Gasteiger partial charge in [-0.1, -0.05) is 6.07 Å². The second-order valence-electron chi connectivity index (χ2n) is 7.11. The number of guanidine groups is 1. The molecule has 1 saturated heterocycles. The molecule has 1 spiro atoms. The molecule has 2 N–H and O–H groups in total. The maximum absolute atomic E-state index is 11.9. The molecule has 1 aromatic heterocycles. The van der Waals surface area contributed by atoms with Crippen molar-refractivity contribution < 1.29 is 9.53 Å². The van der Waals surface area contributed by atoms with Gasteiger partial charge in [-0.15, -0.1) is 11.3 Å². The Morgan fingerprint density at radius 3 is 2.96 bits per heavy atom. The van der Waals surface area contributed by atoms with Gasteiger partial charge < -0.3 is 20.3 Å². The normalized spacial score (nSPS) is 22.3. The van der Waals surface area contributed by atoms with E-state index in [0.29, 0.717) is 18.5 Å². The second-order valence-corrected chi connectivity index (χ2v) is 8.14. The first-order chi connectivity index (χ1) is 12.1. The Hall–Kier alpha value is -1.60. The molecule has 1 unspecified atom stereocenters. The fraction of sp³-hybridized carbons (Fsp3) is 0.667. The zero-order valence-electron chi connectivity index (χ0n) is 15.1. The number of thiophene rings is 1. The zero-order valence-corrected chi connectivity index (χ0v) is 15.9. The molecule has 2 fully saturated rings. The van der Waals surface area contributed by atoms with Crippen LogP contribution < -0.4 is 10.6 Å². The number of hydrogen-bond acceptors (Lipinski definition) is 4. The Morgan fingerprint density at radius 1 is 1.48 bits per heavy atom. The summed E-state index contributed by atoms with van der Waals surface area (Å²) in [5.41, 5.74) is 0.0915. The van der Waals surface area contributed by atoms with Crippen LogP contribution in [0.3, 0.4) is 0 Å². The van der Waals surface area contributed by atoms with Gasteiger partial charge in [-0.05, 0) is 43.6 Å². The molecule has 1 aromatic rings. The Kier molecular flexibility index (Phi) is 5.96. The van der Waals surface area contributed by atoms with Crippen molar-refractivity contribution in [2.75, 3.05) is 27.2 Å². The Bertz CT molecular complexity index is 596. The first-order valence-electron chi connectivity index (χ1n) is 8.98. The lowest BCUT2D eigenvalue weighted by atomic mass is 9.74. The van der Waals surface area contributed by atoms with Crippen LogP contribution in [0, 0.1) is 0 Å². The van der Waals surface area contributed by atoms with Crippen LogP contribution in [0.15, 0.2) is 22.5 Å². The average Bonchev–Trinajstić information content (AvgIpc) is 3.09. The number of aliphatic imine (C=N–C) groups is 1. The predicted molar refractivity (Wildman–Crippen MR) is 101 cm³/mol. The number of carbonyl (C=O) groups is 1.